The smallest absolute Gasteiger partial charge is 0.236 e. The van der Waals surface area contributed by atoms with Gasteiger partial charge in [0.1, 0.15) is 0 Å². The highest BCUT2D eigenvalue weighted by atomic mass is 16.5. The topological polar surface area (TPSA) is 53.0 Å². The van der Waals surface area contributed by atoms with Crippen molar-refractivity contribution in [2.75, 3.05) is 53.0 Å². The minimum absolute atomic E-state index is 0.0647. The maximum Gasteiger partial charge on any atom is 0.236 e. The summed E-state index contributed by atoms with van der Waals surface area (Å²) in [4.78, 5) is 15.5. The van der Waals surface area contributed by atoms with Crippen LogP contribution in [0.5, 0.6) is 0 Å². The number of likely N-dealkylation sites (N-methyl/N-ethyl adjacent to an activating group) is 1. The second-order valence-corrected chi connectivity index (χ2v) is 3.56. The number of hydrogen-bond donors (Lipinski definition) is 1. The van der Waals surface area contributed by atoms with Gasteiger partial charge in [-0.3, -0.25) is 9.69 Å². The van der Waals surface area contributed by atoms with Gasteiger partial charge in [-0.05, 0) is 13.8 Å². The summed E-state index contributed by atoms with van der Waals surface area (Å²) in [7, 11) is 1.63. The molecule has 0 saturated carbocycles. The molecule has 0 heterocycles. The van der Waals surface area contributed by atoms with Gasteiger partial charge in [-0.2, -0.15) is 0 Å². The first-order valence-corrected chi connectivity index (χ1v) is 5.79. The standard InChI is InChI=1S/C11H24N2O3/c1-4-13(5-2)11(15)10-12(6-8-14)7-9-16-3/h14H,4-10H2,1-3H3. The van der Waals surface area contributed by atoms with Crippen LogP contribution in [0.25, 0.3) is 0 Å². The highest BCUT2D eigenvalue weighted by Gasteiger charge is 2.14. The van der Waals surface area contributed by atoms with Gasteiger partial charge in [0.25, 0.3) is 0 Å². The van der Waals surface area contributed by atoms with Gasteiger partial charge in [-0.15, -0.1) is 0 Å². The Hall–Kier alpha value is -0.650. The molecule has 0 fully saturated rings. The molecule has 0 aromatic rings. The molecule has 0 unspecified atom stereocenters. The third-order valence-corrected chi connectivity index (χ3v) is 2.50. The zero-order valence-corrected chi connectivity index (χ0v) is 10.6. The van der Waals surface area contributed by atoms with Crippen molar-refractivity contribution in [2.24, 2.45) is 0 Å². The predicted octanol–water partition coefficient (Wildman–Crippen LogP) is -0.204. The van der Waals surface area contributed by atoms with E-state index in [0.717, 1.165) is 13.1 Å². The normalized spacial score (nSPS) is 10.8. The number of nitrogens with zero attached hydrogens (tertiary/aromatic N) is 2. The Morgan fingerprint density at radius 2 is 1.88 bits per heavy atom. The van der Waals surface area contributed by atoms with E-state index in [1.54, 1.807) is 12.0 Å². The molecule has 1 amide bonds. The molecule has 0 rings (SSSR count). The van der Waals surface area contributed by atoms with E-state index in [1.807, 2.05) is 18.7 Å². The second-order valence-electron chi connectivity index (χ2n) is 3.56. The minimum Gasteiger partial charge on any atom is -0.395 e. The van der Waals surface area contributed by atoms with E-state index in [2.05, 4.69) is 0 Å². The molecule has 0 aromatic heterocycles. The van der Waals surface area contributed by atoms with Crippen molar-refractivity contribution < 1.29 is 14.6 Å². The van der Waals surface area contributed by atoms with Crippen LogP contribution < -0.4 is 0 Å². The van der Waals surface area contributed by atoms with Crippen molar-refractivity contribution in [1.29, 1.82) is 0 Å². The highest BCUT2D eigenvalue weighted by molar-refractivity contribution is 5.78. The number of carbonyl (C=O) groups excluding carboxylic acids is 1. The fourth-order valence-corrected chi connectivity index (χ4v) is 1.50. The van der Waals surface area contributed by atoms with Gasteiger partial charge in [0, 0.05) is 33.3 Å². The first kappa shape index (κ1) is 15.3. The van der Waals surface area contributed by atoms with Gasteiger partial charge < -0.3 is 14.7 Å². The average molecular weight is 232 g/mol. The van der Waals surface area contributed by atoms with Gasteiger partial charge in [-0.1, -0.05) is 0 Å². The lowest BCUT2D eigenvalue weighted by Crippen LogP contribution is -2.42. The molecule has 5 nitrogen and oxygen atoms in total. The number of amides is 1. The molecular weight excluding hydrogens is 208 g/mol. The fourth-order valence-electron chi connectivity index (χ4n) is 1.50. The Kier molecular flexibility index (Phi) is 9.18. The van der Waals surface area contributed by atoms with Crippen LogP contribution in [0.4, 0.5) is 0 Å². The van der Waals surface area contributed by atoms with Crippen molar-refractivity contribution in [3.63, 3.8) is 0 Å². The van der Waals surface area contributed by atoms with Crippen molar-refractivity contribution >= 4 is 5.91 Å². The maximum absolute atomic E-state index is 11.8. The van der Waals surface area contributed by atoms with Crippen LogP contribution in [0, 0.1) is 0 Å². The van der Waals surface area contributed by atoms with Gasteiger partial charge in [0.15, 0.2) is 0 Å². The van der Waals surface area contributed by atoms with Crippen molar-refractivity contribution in [3.8, 4) is 0 Å². The summed E-state index contributed by atoms with van der Waals surface area (Å²) in [5.41, 5.74) is 0. The molecule has 0 spiro atoms. The van der Waals surface area contributed by atoms with Crippen LogP contribution in [0.15, 0.2) is 0 Å². The molecule has 0 bridgehead atoms. The number of hydrogen-bond acceptors (Lipinski definition) is 4. The van der Waals surface area contributed by atoms with Crippen molar-refractivity contribution in [3.05, 3.63) is 0 Å². The molecule has 96 valence electrons. The molecule has 0 radical (unpaired) electrons. The van der Waals surface area contributed by atoms with E-state index in [0.29, 0.717) is 26.2 Å². The first-order valence-electron chi connectivity index (χ1n) is 5.79. The third kappa shape index (κ3) is 6.05. The van der Waals surface area contributed by atoms with Crippen LogP contribution in [-0.4, -0.2) is 73.9 Å². The molecule has 5 heteroatoms. The number of aliphatic hydroxyl groups excluding tert-OH is 1. The summed E-state index contributed by atoms with van der Waals surface area (Å²) < 4.78 is 4.97. The van der Waals surface area contributed by atoms with Crippen LogP contribution in [0.1, 0.15) is 13.8 Å². The van der Waals surface area contributed by atoms with E-state index in [4.69, 9.17) is 9.84 Å². The molecule has 1 N–H and O–H groups in total. The van der Waals surface area contributed by atoms with Gasteiger partial charge in [0.05, 0.1) is 19.8 Å². The largest absolute Gasteiger partial charge is 0.395 e. The quantitative estimate of drug-likeness (QED) is 0.598. The molecular formula is C11H24N2O3. The molecule has 16 heavy (non-hydrogen) atoms. The lowest BCUT2D eigenvalue weighted by molar-refractivity contribution is -0.132. The summed E-state index contributed by atoms with van der Waals surface area (Å²) >= 11 is 0. The monoisotopic (exact) mass is 232 g/mol. The summed E-state index contributed by atoms with van der Waals surface area (Å²) in [6.07, 6.45) is 0. The fraction of sp³-hybridized carbons (Fsp3) is 0.909. The van der Waals surface area contributed by atoms with E-state index >= 15 is 0 Å². The summed E-state index contributed by atoms with van der Waals surface area (Å²) in [5, 5.41) is 8.89. The maximum atomic E-state index is 11.8. The van der Waals surface area contributed by atoms with Gasteiger partial charge >= 0.3 is 0 Å². The van der Waals surface area contributed by atoms with Crippen molar-refractivity contribution in [1.82, 2.24) is 9.80 Å². The van der Waals surface area contributed by atoms with E-state index < -0.39 is 0 Å². The summed E-state index contributed by atoms with van der Waals surface area (Å²) in [5.74, 6) is 0.106. The molecule has 0 aliphatic rings. The Balaban J connectivity index is 4.09. The van der Waals surface area contributed by atoms with Crippen LogP contribution in [0.2, 0.25) is 0 Å². The molecule has 0 atom stereocenters. The Labute approximate surface area is 98.0 Å². The highest BCUT2D eigenvalue weighted by Crippen LogP contribution is 1.94. The lowest BCUT2D eigenvalue weighted by Gasteiger charge is -2.25. The number of rotatable bonds is 9. The molecule has 0 saturated heterocycles. The minimum atomic E-state index is 0.0647. The van der Waals surface area contributed by atoms with Gasteiger partial charge in [-0.25, -0.2) is 0 Å². The lowest BCUT2D eigenvalue weighted by atomic mass is 10.4. The van der Waals surface area contributed by atoms with Crippen LogP contribution >= 0.6 is 0 Å². The molecule has 0 aliphatic carbocycles. The van der Waals surface area contributed by atoms with E-state index in [-0.39, 0.29) is 12.5 Å². The Morgan fingerprint density at radius 3 is 2.31 bits per heavy atom. The number of ether oxygens (including phenoxy) is 1. The Bertz CT molecular complexity index is 184. The van der Waals surface area contributed by atoms with Crippen LogP contribution in [0.3, 0.4) is 0 Å². The summed E-state index contributed by atoms with van der Waals surface area (Å²) in [6.45, 7) is 7.56. The number of aliphatic hydroxyl groups is 1. The van der Waals surface area contributed by atoms with E-state index in [1.165, 1.54) is 0 Å². The van der Waals surface area contributed by atoms with E-state index in [9.17, 15) is 4.79 Å². The van der Waals surface area contributed by atoms with Crippen LogP contribution in [-0.2, 0) is 9.53 Å². The third-order valence-electron chi connectivity index (χ3n) is 2.50. The predicted molar refractivity (Wildman–Crippen MR) is 63.3 cm³/mol. The Morgan fingerprint density at radius 1 is 1.25 bits per heavy atom. The molecule has 0 aliphatic heterocycles. The number of carbonyl (C=O) groups is 1. The van der Waals surface area contributed by atoms with Crippen molar-refractivity contribution in [2.45, 2.75) is 13.8 Å². The summed E-state index contributed by atoms with van der Waals surface area (Å²) in [6, 6.07) is 0. The zero-order chi connectivity index (χ0) is 12.4. The zero-order valence-electron chi connectivity index (χ0n) is 10.6. The van der Waals surface area contributed by atoms with Gasteiger partial charge in [0.2, 0.25) is 5.91 Å². The molecule has 0 aromatic carbocycles. The first-order chi connectivity index (χ1) is 7.69. The number of methoxy groups -OCH3 is 1. The second kappa shape index (κ2) is 9.57. The average Bonchev–Trinajstić information content (AvgIpc) is 2.28. The SMILES string of the molecule is CCN(CC)C(=O)CN(CCO)CCOC.